The van der Waals surface area contributed by atoms with Crippen molar-refractivity contribution in [1.82, 2.24) is 10.4 Å². The quantitative estimate of drug-likeness (QED) is 0.369. The van der Waals surface area contributed by atoms with Gasteiger partial charge in [-0.15, -0.1) is 0 Å². The molecule has 0 radical (unpaired) electrons. The Morgan fingerprint density at radius 2 is 1.90 bits per heavy atom. The number of hydrogen-bond donors (Lipinski definition) is 2. The molecule has 4 aromatic rings. The Morgan fingerprint density at radius 3 is 2.68 bits per heavy atom. The second kappa shape index (κ2) is 8.67. The molecule has 0 saturated carbocycles. The van der Waals surface area contributed by atoms with Crippen LogP contribution in [0.25, 0.3) is 22.2 Å². The van der Waals surface area contributed by atoms with Crippen LogP contribution in [0.5, 0.6) is 11.5 Å². The van der Waals surface area contributed by atoms with Crippen molar-refractivity contribution in [3.05, 3.63) is 89.5 Å². The van der Waals surface area contributed by atoms with Gasteiger partial charge in [-0.2, -0.15) is 5.10 Å². The number of carbonyl (C=O) groups is 1. The van der Waals surface area contributed by atoms with Crippen molar-refractivity contribution in [2.75, 3.05) is 7.11 Å². The monoisotopic (exact) mass is 411 g/mol. The summed E-state index contributed by atoms with van der Waals surface area (Å²) in [6, 6.07) is 22.1. The Balaban J connectivity index is 1.65. The van der Waals surface area contributed by atoms with Gasteiger partial charge in [0.25, 0.3) is 5.91 Å². The van der Waals surface area contributed by atoms with Gasteiger partial charge in [0.05, 0.1) is 30.1 Å². The standard InChI is InChI=1S/C25H21N3O3/c1-16-6-5-7-18(12-16)22-14-20(19-8-3-4-9-21(19)27-22)25(30)28-26-15-17-10-11-24(31-2)23(29)13-17/h3-15,29H,1-2H3,(H,28,30)/b26-15-. The molecule has 0 aliphatic rings. The number of para-hydroxylation sites is 1. The van der Waals surface area contributed by atoms with E-state index in [0.29, 0.717) is 16.9 Å². The summed E-state index contributed by atoms with van der Waals surface area (Å²) >= 11 is 0. The molecule has 0 saturated heterocycles. The van der Waals surface area contributed by atoms with Gasteiger partial charge in [-0.25, -0.2) is 10.4 Å². The molecule has 3 aromatic carbocycles. The van der Waals surface area contributed by atoms with Crippen LogP contribution in [0.3, 0.4) is 0 Å². The minimum Gasteiger partial charge on any atom is -0.504 e. The number of phenolic OH excluding ortho intramolecular Hbond substituents is 1. The van der Waals surface area contributed by atoms with E-state index in [9.17, 15) is 9.90 Å². The van der Waals surface area contributed by atoms with Crippen LogP contribution in [0.1, 0.15) is 21.5 Å². The highest BCUT2D eigenvalue weighted by atomic mass is 16.5. The molecule has 0 aliphatic heterocycles. The maximum Gasteiger partial charge on any atom is 0.272 e. The molecule has 0 spiro atoms. The number of methoxy groups -OCH3 is 1. The van der Waals surface area contributed by atoms with Gasteiger partial charge in [0, 0.05) is 10.9 Å². The third-order valence-electron chi connectivity index (χ3n) is 4.86. The number of benzene rings is 3. The molecule has 6 nitrogen and oxygen atoms in total. The molecule has 0 unspecified atom stereocenters. The van der Waals surface area contributed by atoms with E-state index in [2.05, 4.69) is 10.5 Å². The highest BCUT2D eigenvalue weighted by molar-refractivity contribution is 6.07. The summed E-state index contributed by atoms with van der Waals surface area (Å²) in [5.41, 5.74) is 7.18. The van der Waals surface area contributed by atoms with Crippen LogP contribution < -0.4 is 10.2 Å². The molecule has 0 fully saturated rings. The van der Waals surface area contributed by atoms with Crippen LogP contribution in [0.15, 0.2) is 77.9 Å². The van der Waals surface area contributed by atoms with E-state index in [-0.39, 0.29) is 11.7 Å². The molecular formula is C25H21N3O3. The van der Waals surface area contributed by atoms with Crippen LogP contribution in [0, 0.1) is 6.92 Å². The SMILES string of the molecule is COc1ccc(/C=N\NC(=O)c2cc(-c3cccc(C)c3)nc3ccccc23)cc1O. The molecule has 4 rings (SSSR count). The predicted octanol–water partition coefficient (Wildman–Crippen LogP) is 4.69. The van der Waals surface area contributed by atoms with Crippen LogP contribution in [0.4, 0.5) is 0 Å². The van der Waals surface area contributed by atoms with Crippen LogP contribution in [-0.2, 0) is 0 Å². The Bertz CT molecular complexity index is 1300. The first-order valence-electron chi connectivity index (χ1n) is 9.72. The normalized spacial score (nSPS) is 11.0. The number of nitrogens with zero attached hydrogens (tertiary/aromatic N) is 2. The Hall–Kier alpha value is -4.19. The minimum absolute atomic E-state index is 0.000649. The zero-order valence-electron chi connectivity index (χ0n) is 17.2. The van der Waals surface area contributed by atoms with Crippen LogP contribution in [-0.4, -0.2) is 29.3 Å². The minimum atomic E-state index is -0.346. The first kappa shape index (κ1) is 20.1. The zero-order valence-corrected chi connectivity index (χ0v) is 17.2. The fraction of sp³-hybridized carbons (Fsp3) is 0.0800. The summed E-state index contributed by atoms with van der Waals surface area (Å²) < 4.78 is 5.03. The van der Waals surface area contributed by atoms with Gasteiger partial charge in [0.2, 0.25) is 0 Å². The van der Waals surface area contributed by atoms with Gasteiger partial charge >= 0.3 is 0 Å². The average Bonchev–Trinajstić information content (AvgIpc) is 2.78. The first-order chi connectivity index (χ1) is 15.0. The van der Waals surface area contributed by atoms with Crippen LogP contribution >= 0.6 is 0 Å². The Kier molecular flexibility index (Phi) is 5.62. The van der Waals surface area contributed by atoms with Gasteiger partial charge in [-0.1, -0.05) is 42.0 Å². The number of amides is 1. The number of carbonyl (C=O) groups excluding carboxylic acids is 1. The summed E-state index contributed by atoms with van der Waals surface area (Å²) in [6.45, 7) is 2.02. The van der Waals surface area contributed by atoms with Crippen molar-refractivity contribution >= 4 is 23.0 Å². The highest BCUT2D eigenvalue weighted by Gasteiger charge is 2.13. The van der Waals surface area contributed by atoms with Gasteiger partial charge in [-0.3, -0.25) is 4.79 Å². The summed E-state index contributed by atoms with van der Waals surface area (Å²) in [5, 5.41) is 14.7. The second-order valence-corrected chi connectivity index (χ2v) is 7.07. The lowest BCUT2D eigenvalue weighted by Gasteiger charge is -2.09. The Labute approximate surface area is 179 Å². The fourth-order valence-corrected chi connectivity index (χ4v) is 3.33. The summed E-state index contributed by atoms with van der Waals surface area (Å²) in [4.78, 5) is 17.7. The molecule has 0 bridgehead atoms. The van der Waals surface area contributed by atoms with Crippen LogP contribution in [0.2, 0.25) is 0 Å². The van der Waals surface area contributed by atoms with Gasteiger partial charge in [0.1, 0.15) is 0 Å². The van der Waals surface area contributed by atoms with E-state index in [1.54, 1.807) is 18.2 Å². The Morgan fingerprint density at radius 1 is 1.06 bits per heavy atom. The summed E-state index contributed by atoms with van der Waals surface area (Å²) in [7, 11) is 1.48. The van der Waals surface area contributed by atoms with E-state index in [1.165, 1.54) is 19.4 Å². The number of pyridine rings is 1. The first-order valence-corrected chi connectivity index (χ1v) is 9.72. The number of rotatable bonds is 5. The number of phenols is 1. The lowest BCUT2D eigenvalue weighted by Crippen LogP contribution is -2.18. The lowest BCUT2D eigenvalue weighted by molar-refractivity contribution is 0.0956. The number of hydrogen-bond acceptors (Lipinski definition) is 5. The topological polar surface area (TPSA) is 83.8 Å². The third kappa shape index (κ3) is 4.38. The molecule has 1 amide bonds. The van der Waals surface area contributed by atoms with Gasteiger partial charge < -0.3 is 9.84 Å². The highest BCUT2D eigenvalue weighted by Crippen LogP contribution is 2.26. The van der Waals surface area contributed by atoms with E-state index >= 15 is 0 Å². The number of ether oxygens (including phenoxy) is 1. The summed E-state index contributed by atoms with van der Waals surface area (Å²) in [5.74, 6) is 0.0234. The molecule has 6 heteroatoms. The molecule has 0 atom stereocenters. The number of nitrogens with one attached hydrogen (secondary N) is 1. The number of aromatic nitrogens is 1. The molecule has 1 heterocycles. The summed E-state index contributed by atoms with van der Waals surface area (Å²) in [6.07, 6.45) is 1.46. The average molecular weight is 411 g/mol. The van der Waals surface area contributed by atoms with Gasteiger partial charge in [-0.05, 0) is 48.9 Å². The lowest BCUT2D eigenvalue weighted by atomic mass is 10.0. The second-order valence-electron chi connectivity index (χ2n) is 7.07. The van der Waals surface area contributed by atoms with Crippen molar-refractivity contribution in [1.29, 1.82) is 0 Å². The van der Waals surface area contributed by atoms with Crippen molar-refractivity contribution in [2.24, 2.45) is 5.10 Å². The maximum atomic E-state index is 12.9. The van der Waals surface area contributed by atoms with Crippen molar-refractivity contribution in [3.8, 4) is 22.8 Å². The molecule has 1 aromatic heterocycles. The molecule has 31 heavy (non-hydrogen) atoms. The van der Waals surface area contributed by atoms with Crippen molar-refractivity contribution in [2.45, 2.75) is 6.92 Å². The largest absolute Gasteiger partial charge is 0.504 e. The maximum absolute atomic E-state index is 12.9. The number of aromatic hydroxyl groups is 1. The number of aryl methyl sites for hydroxylation is 1. The molecule has 0 aliphatic carbocycles. The predicted molar refractivity (Wildman–Crippen MR) is 122 cm³/mol. The van der Waals surface area contributed by atoms with E-state index < -0.39 is 0 Å². The number of fused-ring (bicyclic) bond motifs is 1. The van der Waals surface area contributed by atoms with Crippen molar-refractivity contribution in [3.63, 3.8) is 0 Å². The van der Waals surface area contributed by atoms with Crippen molar-refractivity contribution < 1.29 is 14.6 Å². The van der Waals surface area contributed by atoms with E-state index in [1.807, 2.05) is 55.5 Å². The number of hydrazone groups is 1. The zero-order chi connectivity index (χ0) is 21.8. The van der Waals surface area contributed by atoms with Gasteiger partial charge in [0.15, 0.2) is 11.5 Å². The van der Waals surface area contributed by atoms with E-state index in [4.69, 9.17) is 9.72 Å². The molecule has 2 N–H and O–H groups in total. The fourth-order valence-electron chi connectivity index (χ4n) is 3.33. The molecular weight excluding hydrogens is 390 g/mol. The molecule has 154 valence electrons. The smallest absolute Gasteiger partial charge is 0.272 e. The third-order valence-corrected chi connectivity index (χ3v) is 4.86. The van der Waals surface area contributed by atoms with E-state index in [0.717, 1.165) is 27.7 Å².